The predicted octanol–water partition coefficient (Wildman–Crippen LogP) is 4.45. The molecule has 0 fully saturated rings. The lowest BCUT2D eigenvalue weighted by molar-refractivity contribution is 0.121. The van der Waals surface area contributed by atoms with Crippen LogP contribution in [-0.4, -0.2) is 22.6 Å². The highest BCUT2D eigenvalue weighted by atomic mass is 35.5. The minimum absolute atomic E-state index is 0.0693. The van der Waals surface area contributed by atoms with Crippen molar-refractivity contribution in [1.82, 2.24) is 4.90 Å². The molecule has 2 aliphatic rings. The highest BCUT2D eigenvalue weighted by Crippen LogP contribution is 2.29. The van der Waals surface area contributed by atoms with E-state index in [1.807, 2.05) is 0 Å². The van der Waals surface area contributed by atoms with Crippen molar-refractivity contribution < 1.29 is 9.53 Å². The van der Waals surface area contributed by atoms with Crippen molar-refractivity contribution in [2.45, 2.75) is 6.61 Å². The van der Waals surface area contributed by atoms with E-state index < -0.39 is 6.09 Å². The zero-order valence-corrected chi connectivity index (χ0v) is 13.1. The number of aliphatic imine (C=N–C) groups is 1. The van der Waals surface area contributed by atoms with Gasteiger partial charge in [0.2, 0.25) is 0 Å². The molecule has 0 aromatic heterocycles. The molecule has 0 unspecified atom stereocenters. The second kappa shape index (κ2) is 6.13. The largest absolute Gasteiger partial charge is 0.444 e. The van der Waals surface area contributed by atoms with Gasteiger partial charge in [-0.05, 0) is 12.1 Å². The van der Waals surface area contributed by atoms with Gasteiger partial charge in [0.05, 0.1) is 26.5 Å². The molecule has 1 aromatic carbocycles. The molecule has 1 amide bonds. The maximum absolute atomic E-state index is 12.0. The molecule has 2 aliphatic heterocycles. The summed E-state index contributed by atoms with van der Waals surface area (Å²) in [7, 11) is 0. The molecule has 0 bridgehead atoms. The molecule has 0 atom stereocenters. The Hall–Kier alpha value is -1.43. The van der Waals surface area contributed by atoms with Gasteiger partial charge < -0.3 is 4.74 Å². The molecule has 7 heteroatoms. The molecule has 0 saturated heterocycles. The van der Waals surface area contributed by atoms with E-state index in [0.717, 1.165) is 10.6 Å². The summed E-state index contributed by atoms with van der Waals surface area (Å²) < 4.78 is 5.25. The molecule has 4 nitrogen and oxygen atoms in total. The number of ether oxygens (including phenoxy) is 1. The lowest BCUT2D eigenvalue weighted by Gasteiger charge is -2.18. The van der Waals surface area contributed by atoms with Crippen molar-refractivity contribution in [3.8, 4) is 0 Å². The molecule has 0 N–H and O–H groups in total. The van der Waals surface area contributed by atoms with E-state index in [4.69, 9.17) is 27.9 Å². The number of nitrogens with zero attached hydrogens (tertiary/aromatic N) is 2. The second-order valence-electron chi connectivity index (χ2n) is 4.30. The number of rotatable bonds is 2. The number of halogens is 2. The second-order valence-corrected chi connectivity index (χ2v) is 6.07. The Kier molecular flexibility index (Phi) is 4.24. The number of hydrogen-bond acceptors (Lipinski definition) is 4. The van der Waals surface area contributed by atoms with E-state index in [1.165, 1.54) is 4.90 Å². The number of carbonyl (C=O) groups excluding carboxylic acids is 1. The Morgan fingerprint density at radius 1 is 1.43 bits per heavy atom. The minimum atomic E-state index is -0.471. The average Bonchev–Trinajstić information content (AvgIpc) is 2.96. The monoisotopic (exact) mass is 340 g/mol. The van der Waals surface area contributed by atoms with Crippen LogP contribution in [-0.2, 0) is 11.3 Å². The van der Waals surface area contributed by atoms with Crippen LogP contribution in [0, 0.1) is 0 Å². The quantitative estimate of drug-likeness (QED) is 0.798. The van der Waals surface area contributed by atoms with E-state index in [1.54, 1.807) is 48.4 Å². The Morgan fingerprint density at radius 2 is 2.29 bits per heavy atom. The summed E-state index contributed by atoms with van der Waals surface area (Å²) in [6.45, 7) is 0.0693. The summed E-state index contributed by atoms with van der Waals surface area (Å²) in [6.07, 6.45) is 4.68. The van der Waals surface area contributed by atoms with E-state index in [-0.39, 0.29) is 6.61 Å². The number of fused-ring (bicyclic) bond motifs is 1. The highest BCUT2D eigenvalue weighted by Gasteiger charge is 2.21. The third-order valence-electron chi connectivity index (χ3n) is 2.95. The van der Waals surface area contributed by atoms with Crippen LogP contribution in [0.3, 0.4) is 0 Å². The summed E-state index contributed by atoms with van der Waals surface area (Å²) in [5.74, 6) is 0.687. The van der Waals surface area contributed by atoms with E-state index >= 15 is 0 Å². The van der Waals surface area contributed by atoms with Crippen LogP contribution < -0.4 is 0 Å². The SMILES string of the molecule is O=C(OCc1cccc(Cl)c1Cl)N1C=CC2=NCSC2=C1. The summed E-state index contributed by atoms with van der Waals surface area (Å²) in [5.41, 5.74) is 1.57. The number of carbonyl (C=O) groups is 1. The van der Waals surface area contributed by atoms with Crippen LogP contribution in [0.4, 0.5) is 4.79 Å². The third-order valence-corrected chi connectivity index (χ3v) is 4.69. The Labute approximate surface area is 136 Å². The van der Waals surface area contributed by atoms with Crippen LogP contribution in [0.1, 0.15) is 5.56 Å². The van der Waals surface area contributed by atoms with Gasteiger partial charge in [-0.2, -0.15) is 0 Å². The van der Waals surface area contributed by atoms with Crippen LogP contribution in [0.2, 0.25) is 10.0 Å². The van der Waals surface area contributed by atoms with E-state index in [0.29, 0.717) is 21.5 Å². The van der Waals surface area contributed by atoms with Gasteiger partial charge in [-0.25, -0.2) is 4.79 Å². The van der Waals surface area contributed by atoms with Crippen LogP contribution in [0.5, 0.6) is 0 Å². The lowest BCUT2D eigenvalue weighted by atomic mass is 10.2. The molecule has 0 spiro atoms. The predicted molar refractivity (Wildman–Crippen MR) is 85.6 cm³/mol. The molecule has 0 aliphatic carbocycles. The number of hydrogen-bond donors (Lipinski definition) is 0. The summed E-state index contributed by atoms with van der Waals surface area (Å²) in [4.78, 5) is 18.7. The standard InChI is InChI=1S/C14H10Cl2N2O2S/c15-10-3-1-2-9(13(10)16)7-20-14(19)18-5-4-11-12(6-18)21-8-17-11/h1-6H,7-8H2. The van der Waals surface area contributed by atoms with Crippen LogP contribution >= 0.6 is 35.0 Å². The molecule has 0 saturated carbocycles. The van der Waals surface area contributed by atoms with Crippen molar-refractivity contribution in [3.63, 3.8) is 0 Å². The molecular weight excluding hydrogens is 331 g/mol. The van der Waals surface area contributed by atoms with Crippen LogP contribution in [0.25, 0.3) is 0 Å². The van der Waals surface area contributed by atoms with E-state index in [9.17, 15) is 4.79 Å². The van der Waals surface area contributed by atoms with Gasteiger partial charge in [-0.1, -0.05) is 47.1 Å². The lowest BCUT2D eigenvalue weighted by Crippen LogP contribution is -2.24. The summed E-state index contributed by atoms with van der Waals surface area (Å²) >= 11 is 13.6. The normalized spacial score (nSPS) is 16.4. The maximum Gasteiger partial charge on any atom is 0.418 e. The third kappa shape index (κ3) is 3.10. The van der Waals surface area contributed by atoms with Crippen molar-refractivity contribution in [3.05, 3.63) is 57.2 Å². The van der Waals surface area contributed by atoms with Crippen molar-refractivity contribution in [1.29, 1.82) is 0 Å². The zero-order chi connectivity index (χ0) is 14.8. The van der Waals surface area contributed by atoms with Gasteiger partial charge >= 0.3 is 6.09 Å². The minimum Gasteiger partial charge on any atom is -0.444 e. The fourth-order valence-electron chi connectivity index (χ4n) is 1.87. The van der Waals surface area contributed by atoms with Crippen molar-refractivity contribution in [2.24, 2.45) is 4.99 Å². The van der Waals surface area contributed by atoms with Crippen molar-refractivity contribution in [2.75, 3.05) is 5.88 Å². The average molecular weight is 341 g/mol. The molecule has 21 heavy (non-hydrogen) atoms. The Balaban J connectivity index is 1.65. The van der Waals surface area contributed by atoms with Gasteiger partial charge in [0.15, 0.2) is 0 Å². The van der Waals surface area contributed by atoms with Crippen molar-refractivity contribution >= 4 is 46.8 Å². The smallest absolute Gasteiger partial charge is 0.418 e. The number of thioether (sulfide) groups is 1. The maximum atomic E-state index is 12.0. The van der Waals surface area contributed by atoms with E-state index in [2.05, 4.69) is 4.99 Å². The number of amides is 1. The Morgan fingerprint density at radius 3 is 3.14 bits per heavy atom. The first-order valence-corrected chi connectivity index (χ1v) is 7.85. The van der Waals surface area contributed by atoms with Gasteiger partial charge in [0, 0.05) is 18.0 Å². The van der Waals surface area contributed by atoms with Gasteiger partial charge in [0.1, 0.15) is 6.61 Å². The molecular formula is C14H10Cl2N2O2S. The number of allylic oxidation sites excluding steroid dienone is 2. The molecule has 1 aromatic rings. The fraction of sp³-hybridized carbons (Fsp3) is 0.143. The first kappa shape index (κ1) is 14.5. The molecule has 2 heterocycles. The molecule has 108 valence electrons. The topological polar surface area (TPSA) is 41.9 Å². The fourth-order valence-corrected chi connectivity index (χ4v) is 3.06. The first-order chi connectivity index (χ1) is 10.1. The van der Waals surface area contributed by atoms with Crippen LogP contribution in [0.15, 0.2) is 46.6 Å². The molecule has 3 rings (SSSR count). The molecule has 0 radical (unpaired) electrons. The van der Waals surface area contributed by atoms with Gasteiger partial charge in [-0.3, -0.25) is 9.89 Å². The van der Waals surface area contributed by atoms with Gasteiger partial charge in [-0.15, -0.1) is 0 Å². The Bertz CT molecular complexity index is 686. The zero-order valence-electron chi connectivity index (χ0n) is 10.8. The highest BCUT2D eigenvalue weighted by molar-refractivity contribution is 8.04. The first-order valence-electron chi connectivity index (χ1n) is 6.11. The number of benzene rings is 1. The van der Waals surface area contributed by atoms with Gasteiger partial charge in [0.25, 0.3) is 0 Å². The summed E-state index contributed by atoms with van der Waals surface area (Å²) in [5, 5.41) is 0.841. The summed E-state index contributed by atoms with van der Waals surface area (Å²) in [6, 6.07) is 5.22.